The van der Waals surface area contributed by atoms with E-state index < -0.39 is 21.8 Å². The molecule has 2 rings (SSSR count). The van der Waals surface area contributed by atoms with Crippen LogP contribution in [0.3, 0.4) is 0 Å². The SMILES string of the molecule is NC(=O)[C@H]1CCCN(S(=O)(=O)c2ccccc2Cl)C1. The van der Waals surface area contributed by atoms with Crippen molar-refractivity contribution in [1.82, 2.24) is 4.31 Å². The van der Waals surface area contributed by atoms with Gasteiger partial charge in [0.25, 0.3) is 0 Å². The summed E-state index contributed by atoms with van der Waals surface area (Å²) in [6, 6.07) is 6.29. The fourth-order valence-corrected chi connectivity index (χ4v) is 4.20. The van der Waals surface area contributed by atoms with E-state index in [4.69, 9.17) is 17.3 Å². The van der Waals surface area contributed by atoms with Crippen LogP contribution in [0.2, 0.25) is 5.02 Å². The highest BCUT2D eigenvalue weighted by atomic mass is 35.5. The number of amides is 1. The summed E-state index contributed by atoms with van der Waals surface area (Å²) in [6.07, 6.45) is 1.25. The van der Waals surface area contributed by atoms with Crippen molar-refractivity contribution in [2.45, 2.75) is 17.7 Å². The lowest BCUT2D eigenvalue weighted by Crippen LogP contribution is -2.44. The summed E-state index contributed by atoms with van der Waals surface area (Å²) in [7, 11) is -3.67. The van der Waals surface area contributed by atoms with Crippen molar-refractivity contribution in [3.8, 4) is 0 Å². The average Bonchev–Trinajstić information content (AvgIpc) is 2.39. The summed E-state index contributed by atoms with van der Waals surface area (Å²) in [6.45, 7) is 0.514. The predicted molar refractivity (Wildman–Crippen MR) is 72.1 cm³/mol. The van der Waals surface area contributed by atoms with E-state index in [1.165, 1.54) is 16.4 Å². The number of nitrogens with zero attached hydrogens (tertiary/aromatic N) is 1. The van der Waals surface area contributed by atoms with Crippen LogP contribution in [-0.4, -0.2) is 31.7 Å². The van der Waals surface area contributed by atoms with Gasteiger partial charge in [0.15, 0.2) is 0 Å². The van der Waals surface area contributed by atoms with Crippen molar-refractivity contribution >= 4 is 27.5 Å². The average molecular weight is 303 g/mol. The molecule has 0 radical (unpaired) electrons. The van der Waals surface area contributed by atoms with E-state index >= 15 is 0 Å². The molecule has 0 unspecified atom stereocenters. The van der Waals surface area contributed by atoms with E-state index in [0.717, 1.165) is 0 Å². The van der Waals surface area contributed by atoms with Gasteiger partial charge in [-0.15, -0.1) is 0 Å². The second-order valence-corrected chi connectivity index (χ2v) is 6.85. The lowest BCUT2D eigenvalue weighted by molar-refractivity contribution is -0.122. The minimum absolute atomic E-state index is 0.0711. The molecule has 0 aliphatic carbocycles. The van der Waals surface area contributed by atoms with Crippen LogP contribution >= 0.6 is 11.6 Å². The van der Waals surface area contributed by atoms with Crippen LogP contribution in [0.15, 0.2) is 29.2 Å². The maximum atomic E-state index is 12.5. The standard InChI is InChI=1S/C12H15ClN2O3S/c13-10-5-1-2-6-11(10)19(17,18)15-7-3-4-9(8-15)12(14)16/h1-2,5-6,9H,3-4,7-8H2,(H2,14,16)/t9-/m0/s1. The van der Waals surface area contributed by atoms with Gasteiger partial charge in [0.05, 0.1) is 10.9 Å². The van der Waals surface area contributed by atoms with Gasteiger partial charge in [0, 0.05) is 13.1 Å². The van der Waals surface area contributed by atoms with Crippen molar-refractivity contribution in [3.05, 3.63) is 29.3 Å². The molecule has 1 atom stereocenters. The van der Waals surface area contributed by atoms with Crippen molar-refractivity contribution in [3.63, 3.8) is 0 Å². The van der Waals surface area contributed by atoms with Crippen LogP contribution in [0.25, 0.3) is 0 Å². The zero-order valence-electron chi connectivity index (χ0n) is 10.3. The number of piperidine rings is 1. The Morgan fingerprint density at radius 3 is 2.68 bits per heavy atom. The highest BCUT2D eigenvalue weighted by Crippen LogP contribution is 2.27. The summed E-state index contributed by atoms with van der Waals surface area (Å²) >= 11 is 5.93. The molecule has 1 aliphatic heterocycles. The minimum atomic E-state index is -3.67. The third kappa shape index (κ3) is 2.91. The highest BCUT2D eigenvalue weighted by Gasteiger charge is 2.33. The maximum Gasteiger partial charge on any atom is 0.244 e. The van der Waals surface area contributed by atoms with Gasteiger partial charge in [0.2, 0.25) is 15.9 Å². The Kier molecular flexibility index (Phi) is 4.13. The molecule has 0 aromatic heterocycles. The predicted octanol–water partition coefficient (Wildman–Crippen LogP) is 1.23. The van der Waals surface area contributed by atoms with Crippen molar-refractivity contribution < 1.29 is 13.2 Å². The van der Waals surface area contributed by atoms with E-state index in [1.54, 1.807) is 12.1 Å². The summed E-state index contributed by atoms with van der Waals surface area (Å²) in [5.74, 6) is -0.884. The molecule has 1 amide bonds. The minimum Gasteiger partial charge on any atom is -0.369 e. The molecule has 1 aromatic carbocycles. The molecule has 1 saturated heterocycles. The lowest BCUT2D eigenvalue weighted by atomic mass is 9.99. The number of halogens is 1. The van der Waals surface area contributed by atoms with Gasteiger partial charge >= 0.3 is 0 Å². The van der Waals surface area contributed by atoms with Gasteiger partial charge in [0.1, 0.15) is 4.90 Å². The van der Waals surface area contributed by atoms with Crippen LogP contribution in [0.5, 0.6) is 0 Å². The molecule has 1 aliphatic rings. The lowest BCUT2D eigenvalue weighted by Gasteiger charge is -2.30. The molecular formula is C12H15ClN2O3S. The zero-order chi connectivity index (χ0) is 14.0. The van der Waals surface area contributed by atoms with Crippen LogP contribution < -0.4 is 5.73 Å². The quantitative estimate of drug-likeness (QED) is 0.912. The molecule has 2 N–H and O–H groups in total. The number of nitrogens with two attached hydrogens (primary N) is 1. The van der Waals surface area contributed by atoms with Gasteiger partial charge in [-0.2, -0.15) is 4.31 Å². The molecule has 19 heavy (non-hydrogen) atoms. The summed E-state index contributed by atoms with van der Waals surface area (Å²) < 4.78 is 26.2. The van der Waals surface area contributed by atoms with Gasteiger partial charge in [-0.25, -0.2) is 8.42 Å². The van der Waals surface area contributed by atoms with E-state index in [2.05, 4.69) is 0 Å². The molecule has 1 heterocycles. The Hall–Kier alpha value is -1.11. The van der Waals surface area contributed by atoms with Crippen LogP contribution in [0.1, 0.15) is 12.8 Å². The Morgan fingerprint density at radius 1 is 1.37 bits per heavy atom. The van der Waals surface area contributed by atoms with Gasteiger partial charge < -0.3 is 5.73 Å². The Balaban J connectivity index is 2.30. The monoisotopic (exact) mass is 302 g/mol. The maximum absolute atomic E-state index is 12.5. The number of carbonyl (C=O) groups excluding carboxylic acids is 1. The molecule has 0 bridgehead atoms. The third-order valence-electron chi connectivity index (χ3n) is 3.24. The topological polar surface area (TPSA) is 80.5 Å². The van der Waals surface area contributed by atoms with Gasteiger partial charge in [-0.1, -0.05) is 23.7 Å². The number of hydrogen-bond acceptors (Lipinski definition) is 3. The van der Waals surface area contributed by atoms with Crippen molar-refractivity contribution in [2.24, 2.45) is 11.7 Å². The number of rotatable bonds is 3. The van der Waals surface area contributed by atoms with Gasteiger partial charge in [-0.3, -0.25) is 4.79 Å². The molecule has 7 heteroatoms. The number of primary amides is 1. The molecule has 5 nitrogen and oxygen atoms in total. The Bertz CT molecular complexity index is 588. The first-order chi connectivity index (χ1) is 8.93. The number of carbonyl (C=O) groups is 1. The first kappa shape index (κ1) is 14.3. The molecule has 0 spiro atoms. The zero-order valence-corrected chi connectivity index (χ0v) is 11.8. The van der Waals surface area contributed by atoms with Crippen LogP contribution in [0.4, 0.5) is 0 Å². The molecule has 1 aromatic rings. The van der Waals surface area contributed by atoms with Gasteiger partial charge in [-0.05, 0) is 25.0 Å². The second-order valence-electron chi connectivity index (χ2n) is 4.53. The molecule has 1 fully saturated rings. The van der Waals surface area contributed by atoms with E-state index in [-0.39, 0.29) is 16.5 Å². The summed E-state index contributed by atoms with van der Waals surface area (Å²) in [5.41, 5.74) is 5.25. The Morgan fingerprint density at radius 2 is 2.05 bits per heavy atom. The van der Waals surface area contributed by atoms with Crippen molar-refractivity contribution in [2.75, 3.05) is 13.1 Å². The summed E-state index contributed by atoms with van der Waals surface area (Å²) in [4.78, 5) is 11.3. The molecular weight excluding hydrogens is 288 g/mol. The number of hydrogen-bond donors (Lipinski definition) is 1. The van der Waals surface area contributed by atoms with Crippen LogP contribution in [-0.2, 0) is 14.8 Å². The smallest absolute Gasteiger partial charge is 0.244 e. The fourth-order valence-electron chi connectivity index (χ4n) is 2.19. The second kappa shape index (κ2) is 5.48. The fraction of sp³-hybridized carbons (Fsp3) is 0.417. The third-order valence-corrected chi connectivity index (χ3v) is 5.61. The largest absolute Gasteiger partial charge is 0.369 e. The highest BCUT2D eigenvalue weighted by molar-refractivity contribution is 7.89. The molecule has 0 saturated carbocycles. The van der Waals surface area contributed by atoms with Crippen LogP contribution in [0, 0.1) is 5.92 Å². The first-order valence-electron chi connectivity index (χ1n) is 5.97. The van der Waals surface area contributed by atoms with E-state index in [9.17, 15) is 13.2 Å². The number of sulfonamides is 1. The summed E-state index contributed by atoms with van der Waals surface area (Å²) in [5, 5.41) is 0.184. The number of benzene rings is 1. The first-order valence-corrected chi connectivity index (χ1v) is 7.78. The van der Waals surface area contributed by atoms with E-state index in [0.29, 0.717) is 19.4 Å². The molecule has 104 valence electrons. The van der Waals surface area contributed by atoms with Crippen molar-refractivity contribution in [1.29, 1.82) is 0 Å². The van der Waals surface area contributed by atoms with E-state index in [1.807, 2.05) is 0 Å². The Labute approximate surface area is 117 Å². The normalized spacial score (nSPS) is 21.2.